The van der Waals surface area contributed by atoms with E-state index in [1.54, 1.807) is 6.07 Å². The van der Waals surface area contributed by atoms with E-state index in [0.29, 0.717) is 22.2 Å². The standard InChI is InChI=1S/C23H18Cl2N2O2/c1-2-28-13-27-23-18(12-26)21(15-8-10-19(24)20(25)11-15)17-9-7-14-5-3-4-6-16(14)22(17)29-23/h3-6,8,10-11,13,21H,2,7,9H2,1H3. The number of hydrogen-bond donors (Lipinski definition) is 0. The molecule has 0 radical (unpaired) electrons. The van der Waals surface area contributed by atoms with Crippen molar-refractivity contribution in [3.05, 3.63) is 86.2 Å². The molecule has 2 aromatic rings. The second kappa shape index (κ2) is 8.32. The SMILES string of the molecule is CCOC=NC1=C(C#N)C(c2ccc(Cl)c(Cl)c2)C2=C(O1)c1ccccc1CC2. The molecule has 1 unspecified atom stereocenters. The summed E-state index contributed by atoms with van der Waals surface area (Å²) < 4.78 is 11.4. The Kier molecular flexibility index (Phi) is 5.62. The van der Waals surface area contributed by atoms with E-state index in [4.69, 9.17) is 32.7 Å². The maximum atomic E-state index is 9.97. The van der Waals surface area contributed by atoms with Gasteiger partial charge in [-0.15, -0.1) is 0 Å². The lowest BCUT2D eigenvalue weighted by Gasteiger charge is -2.33. The van der Waals surface area contributed by atoms with Crippen molar-refractivity contribution in [2.75, 3.05) is 6.61 Å². The number of nitriles is 1. The third-order valence-corrected chi connectivity index (χ3v) is 5.83. The number of ether oxygens (including phenoxy) is 2. The molecule has 1 atom stereocenters. The Morgan fingerprint density at radius 1 is 1.21 bits per heavy atom. The molecule has 2 aromatic carbocycles. The summed E-state index contributed by atoms with van der Waals surface area (Å²) in [6, 6.07) is 15.9. The van der Waals surface area contributed by atoms with Crippen LogP contribution in [0.5, 0.6) is 0 Å². The van der Waals surface area contributed by atoms with Gasteiger partial charge in [-0.05, 0) is 48.6 Å². The van der Waals surface area contributed by atoms with Gasteiger partial charge in [0.15, 0.2) is 6.40 Å². The average Bonchev–Trinajstić information content (AvgIpc) is 2.74. The Labute approximate surface area is 179 Å². The van der Waals surface area contributed by atoms with E-state index in [1.807, 2.05) is 37.3 Å². The molecule has 29 heavy (non-hydrogen) atoms. The van der Waals surface area contributed by atoms with Crippen LogP contribution in [0.25, 0.3) is 5.76 Å². The highest BCUT2D eigenvalue weighted by Crippen LogP contribution is 2.48. The lowest BCUT2D eigenvalue weighted by atomic mass is 9.76. The highest BCUT2D eigenvalue weighted by atomic mass is 35.5. The molecule has 146 valence electrons. The normalized spacial score (nSPS) is 18.2. The number of rotatable bonds is 4. The van der Waals surface area contributed by atoms with E-state index in [9.17, 15) is 5.26 Å². The molecule has 1 aliphatic heterocycles. The van der Waals surface area contributed by atoms with Gasteiger partial charge in [0, 0.05) is 11.5 Å². The predicted molar refractivity (Wildman–Crippen MR) is 115 cm³/mol. The molecule has 0 saturated carbocycles. The molecule has 1 aliphatic carbocycles. The topological polar surface area (TPSA) is 54.6 Å². The summed E-state index contributed by atoms with van der Waals surface area (Å²) >= 11 is 12.4. The van der Waals surface area contributed by atoms with Crippen molar-refractivity contribution in [3.8, 4) is 6.07 Å². The summed E-state index contributed by atoms with van der Waals surface area (Å²) in [7, 11) is 0. The smallest absolute Gasteiger partial charge is 0.236 e. The quantitative estimate of drug-likeness (QED) is 0.429. The minimum Gasteiger partial charge on any atom is -0.483 e. The van der Waals surface area contributed by atoms with Crippen LogP contribution in [0, 0.1) is 11.3 Å². The molecule has 6 heteroatoms. The van der Waals surface area contributed by atoms with Gasteiger partial charge in [-0.3, -0.25) is 0 Å². The number of allylic oxidation sites excluding steroid dienone is 2. The van der Waals surface area contributed by atoms with Crippen LogP contribution in [0.1, 0.15) is 36.0 Å². The molecule has 1 heterocycles. The summed E-state index contributed by atoms with van der Waals surface area (Å²) in [6.45, 7) is 2.34. The highest BCUT2D eigenvalue weighted by molar-refractivity contribution is 6.42. The van der Waals surface area contributed by atoms with Gasteiger partial charge in [0.25, 0.3) is 0 Å². The van der Waals surface area contributed by atoms with E-state index in [2.05, 4.69) is 17.1 Å². The minimum atomic E-state index is -0.305. The summed E-state index contributed by atoms with van der Waals surface area (Å²) in [6.07, 6.45) is 2.98. The third kappa shape index (κ3) is 3.64. The van der Waals surface area contributed by atoms with Crippen LogP contribution in [0.3, 0.4) is 0 Å². The summed E-state index contributed by atoms with van der Waals surface area (Å²) in [5, 5.41) is 10.9. The number of hydrogen-bond acceptors (Lipinski definition) is 4. The predicted octanol–water partition coefficient (Wildman–Crippen LogP) is 6.26. The Morgan fingerprint density at radius 2 is 2.03 bits per heavy atom. The van der Waals surface area contributed by atoms with Gasteiger partial charge < -0.3 is 9.47 Å². The second-order valence-corrected chi connectivity index (χ2v) is 7.56. The summed E-state index contributed by atoms with van der Waals surface area (Å²) in [5.41, 5.74) is 4.61. The molecule has 0 aromatic heterocycles. The molecule has 0 fully saturated rings. The van der Waals surface area contributed by atoms with Gasteiger partial charge in [-0.25, -0.2) is 0 Å². The molecular formula is C23H18Cl2N2O2. The van der Waals surface area contributed by atoms with Crippen LogP contribution >= 0.6 is 23.2 Å². The monoisotopic (exact) mass is 424 g/mol. The Morgan fingerprint density at radius 3 is 2.79 bits per heavy atom. The van der Waals surface area contributed by atoms with Gasteiger partial charge in [-0.1, -0.05) is 53.5 Å². The van der Waals surface area contributed by atoms with Crippen molar-refractivity contribution in [1.29, 1.82) is 5.26 Å². The first kappa shape index (κ1) is 19.6. The Balaban J connectivity index is 1.91. The van der Waals surface area contributed by atoms with Crippen LogP contribution in [-0.4, -0.2) is 13.0 Å². The lowest BCUT2D eigenvalue weighted by Crippen LogP contribution is -2.20. The number of aliphatic imine (C=N–C) groups is 1. The maximum Gasteiger partial charge on any atom is 0.236 e. The fourth-order valence-electron chi connectivity index (χ4n) is 3.79. The van der Waals surface area contributed by atoms with Crippen molar-refractivity contribution in [3.63, 3.8) is 0 Å². The Bertz CT molecular complexity index is 1100. The largest absolute Gasteiger partial charge is 0.483 e. The van der Waals surface area contributed by atoms with Crippen molar-refractivity contribution in [2.24, 2.45) is 4.99 Å². The highest BCUT2D eigenvalue weighted by Gasteiger charge is 2.36. The van der Waals surface area contributed by atoms with Crippen molar-refractivity contribution in [1.82, 2.24) is 0 Å². The fraction of sp³-hybridized carbons (Fsp3) is 0.217. The molecule has 0 N–H and O–H groups in total. The third-order valence-electron chi connectivity index (χ3n) is 5.09. The van der Waals surface area contributed by atoms with Gasteiger partial charge >= 0.3 is 0 Å². The van der Waals surface area contributed by atoms with Gasteiger partial charge in [0.1, 0.15) is 17.4 Å². The Hall–Kier alpha value is -2.74. The number of benzene rings is 2. The van der Waals surface area contributed by atoms with E-state index >= 15 is 0 Å². The van der Waals surface area contributed by atoms with Crippen molar-refractivity contribution in [2.45, 2.75) is 25.7 Å². The summed E-state index contributed by atoms with van der Waals surface area (Å²) in [5.74, 6) is 0.693. The number of halogens is 2. The molecule has 0 amide bonds. The number of nitrogens with zero attached hydrogens (tertiary/aromatic N) is 2. The van der Waals surface area contributed by atoms with E-state index in [-0.39, 0.29) is 11.8 Å². The zero-order valence-corrected chi connectivity index (χ0v) is 17.3. The first-order valence-corrected chi connectivity index (χ1v) is 10.1. The molecule has 4 nitrogen and oxygen atoms in total. The van der Waals surface area contributed by atoms with Crippen LogP contribution in [0.4, 0.5) is 0 Å². The van der Waals surface area contributed by atoms with Gasteiger partial charge in [-0.2, -0.15) is 10.3 Å². The molecular weight excluding hydrogens is 407 g/mol. The van der Waals surface area contributed by atoms with E-state index in [1.165, 1.54) is 12.0 Å². The van der Waals surface area contributed by atoms with Gasteiger partial charge in [0.2, 0.25) is 5.88 Å². The molecule has 0 bridgehead atoms. The molecule has 4 rings (SSSR count). The lowest BCUT2D eigenvalue weighted by molar-refractivity contribution is 0.325. The first-order valence-electron chi connectivity index (χ1n) is 9.36. The number of aryl methyl sites for hydroxylation is 1. The minimum absolute atomic E-state index is 0.243. The summed E-state index contributed by atoms with van der Waals surface area (Å²) in [4.78, 5) is 4.30. The molecule has 2 aliphatic rings. The van der Waals surface area contributed by atoms with Crippen LogP contribution < -0.4 is 0 Å². The molecule has 0 spiro atoms. The first-order chi connectivity index (χ1) is 14.1. The zero-order valence-electron chi connectivity index (χ0n) is 15.8. The van der Waals surface area contributed by atoms with Crippen molar-refractivity contribution >= 4 is 35.4 Å². The van der Waals surface area contributed by atoms with Crippen LogP contribution in [0.15, 0.2) is 64.5 Å². The van der Waals surface area contributed by atoms with Gasteiger partial charge in [0.05, 0.1) is 16.7 Å². The van der Waals surface area contributed by atoms with Crippen LogP contribution in [0.2, 0.25) is 10.0 Å². The second-order valence-electron chi connectivity index (χ2n) is 6.74. The molecule has 0 saturated heterocycles. The van der Waals surface area contributed by atoms with Crippen molar-refractivity contribution < 1.29 is 9.47 Å². The zero-order chi connectivity index (χ0) is 20.4. The number of fused-ring (bicyclic) bond motifs is 2. The van der Waals surface area contributed by atoms with E-state index < -0.39 is 0 Å². The fourth-order valence-corrected chi connectivity index (χ4v) is 4.10. The van der Waals surface area contributed by atoms with Crippen LogP contribution in [-0.2, 0) is 15.9 Å². The van der Waals surface area contributed by atoms with E-state index in [0.717, 1.165) is 35.3 Å². The maximum absolute atomic E-state index is 9.97. The average molecular weight is 425 g/mol.